The SMILES string of the molecule is COC1=C(C)C(=O)C2=C(C1=O)C1C3Cc4c(OC(C)=O)c(C)c5c(c4C(CO)N3C(O)C(C2)N1C)OCO5. The fraction of sp³-hybridized carbons (Fsp3) is 0.519. The van der Waals surface area contributed by atoms with Gasteiger partial charge in [-0.2, -0.15) is 0 Å². The van der Waals surface area contributed by atoms with Gasteiger partial charge in [-0.05, 0) is 33.7 Å². The number of carbonyl (C=O) groups is 3. The van der Waals surface area contributed by atoms with Gasteiger partial charge in [0.15, 0.2) is 23.0 Å². The number of aliphatic hydroxyl groups is 2. The third-order valence-electron chi connectivity index (χ3n) is 8.67. The lowest BCUT2D eigenvalue weighted by Gasteiger charge is -2.60. The summed E-state index contributed by atoms with van der Waals surface area (Å²) >= 11 is 0. The van der Waals surface area contributed by atoms with E-state index in [-0.39, 0.29) is 49.1 Å². The molecule has 1 aromatic rings. The molecule has 0 spiro atoms. The first-order chi connectivity index (χ1) is 18.1. The first-order valence-electron chi connectivity index (χ1n) is 12.6. The topological polar surface area (TPSA) is 135 Å². The van der Waals surface area contributed by atoms with Crippen molar-refractivity contribution in [2.45, 2.75) is 64.0 Å². The summed E-state index contributed by atoms with van der Waals surface area (Å²) in [6, 6.07) is -2.36. The van der Waals surface area contributed by atoms with E-state index in [1.807, 2.05) is 16.8 Å². The second-order valence-corrected chi connectivity index (χ2v) is 10.4. The van der Waals surface area contributed by atoms with Gasteiger partial charge >= 0.3 is 5.97 Å². The van der Waals surface area contributed by atoms with E-state index in [2.05, 4.69) is 0 Å². The third-order valence-corrected chi connectivity index (χ3v) is 8.67. The lowest BCUT2D eigenvalue weighted by Crippen LogP contribution is -2.72. The van der Waals surface area contributed by atoms with Gasteiger partial charge in [0.05, 0.1) is 31.8 Å². The highest BCUT2D eigenvalue weighted by Crippen LogP contribution is 2.55. The first kappa shape index (κ1) is 25.1. The van der Waals surface area contributed by atoms with E-state index in [0.29, 0.717) is 45.1 Å². The molecule has 2 N–H and O–H groups in total. The van der Waals surface area contributed by atoms with Crippen molar-refractivity contribution in [3.63, 3.8) is 0 Å². The van der Waals surface area contributed by atoms with Crippen LogP contribution >= 0.6 is 0 Å². The first-order valence-corrected chi connectivity index (χ1v) is 12.6. The molecular formula is C27H30N2O9. The van der Waals surface area contributed by atoms with Crippen LogP contribution in [0.2, 0.25) is 0 Å². The summed E-state index contributed by atoms with van der Waals surface area (Å²) in [5, 5.41) is 22.4. The number of piperazine rings is 1. The van der Waals surface area contributed by atoms with Crippen LogP contribution in [-0.2, 0) is 25.5 Å². The van der Waals surface area contributed by atoms with Crippen molar-refractivity contribution < 1.29 is 43.5 Å². The molecule has 5 aliphatic rings. The number of methoxy groups -OCH3 is 1. The molecule has 4 heterocycles. The Kier molecular flexibility index (Phi) is 5.69. The Morgan fingerprint density at radius 2 is 1.82 bits per heavy atom. The number of esters is 1. The molecule has 0 aromatic heterocycles. The van der Waals surface area contributed by atoms with Gasteiger partial charge in [-0.15, -0.1) is 0 Å². The largest absolute Gasteiger partial charge is 0.492 e. The molecule has 38 heavy (non-hydrogen) atoms. The highest BCUT2D eigenvalue weighted by Gasteiger charge is 2.58. The predicted octanol–water partition coefficient (Wildman–Crippen LogP) is 0.683. The number of aliphatic hydroxyl groups excluding tert-OH is 2. The summed E-state index contributed by atoms with van der Waals surface area (Å²) in [6.45, 7) is 4.26. The minimum Gasteiger partial charge on any atom is -0.492 e. The van der Waals surface area contributed by atoms with Crippen molar-refractivity contribution in [1.82, 2.24) is 9.80 Å². The third kappa shape index (κ3) is 3.13. The van der Waals surface area contributed by atoms with Gasteiger partial charge in [0.25, 0.3) is 0 Å². The average Bonchev–Trinajstić information content (AvgIpc) is 3.37. The quantitative estimate of drug-likeness (QED) is 0.327. The Morgan fingerprint density at radius 1 is 1.11 bits per heavy atom. The van der Waals surface area contributed by atoms with Gasteiger partial charge in [0.2, 0.25) is 12.6 Å². The van der Waals surface area contributed by atoms with Crippen molar-refractivity contribution in [2.75, 3.05) is 27.6 Å². The number of carbonyl (C=O) groups excluding carboxylic acids is 3. The number of hydrogen-bond acceptors (Lipinski definition) is 11. The average molecular weight is 527 g/mol. The maximum Gasteiger partial charge on any atom is 0.308 e. The van der Waals surface area contributed by atoms with E-state index in [4.69, 9.17) is 18.9 Å². The summed E-state index contributed by atoms with van der Waals surface area (Å²) in [5.41, 5.74) is 2.83. The lowest BCUT2D eigenvalue weighted by molar-refractivity contribution is -0.171. The molecule has 5 atom stereocenters. The minimum atomic E-state index is -1.06. The second-order valence-electron chi connectivity index (χ2n) is 10.4. The Balaban J connectivity index is 1.57. The second kappa shape index (κ2) is 8.63. The van der Waals surface area contributed by atoms with Crippen LogP contribution in [0.15, 0.2) is 22.5 Å². The predicted molar refractivity (Wildman–Crippen MR) is 130 cm³/mol. The Bertz CT molecular complexity index is 1360. The highest BCUT2D eigenvalue weighted by molar-refractivity contribution is 6.25. The lowest BCUT2D eigenvalue weighted by atomic mass is 9.70. The fourth-order valence-corrected chi connectivity index (χ4v) is 7.10. The van der Waals surface area contributed by atoms with Crippen LogP contribution in [0.1, 0.15) is 43.0 Å². The Hall–Kier alpha value is -3.25. The van der Waals surface area contributed by atoms with E-state index in [1.54, 1.807) is 13.8 Å². The Labute approximate surface area is 219 Å². The molecule has 1 saturated heterocycles. The van der Waals surface area contributed by atoms with Crippen molar-refractivity contribution in [2.24, 2.45) is 0 Å². The maximum atomic E-state index is 13.7. The van der Waals surface area contributed by atoms with Gasteiger partial charge in [0.1, 0.15) is 12.0 Å². The van der Waals surface area contributed by atoms with Crippen molar-refractivity contribution in [1.29, 1.82) is 0 Å². The number of ether oxygens (including phenoxy) is 4. The van der Waals surface area contributed by atoms with Gasteiger partial charge in [0, 0.05) is 46.4 Å². The van der Waals surface area contributed by atoms with Gasteiger partial charge < -0.3 is 29.2 Å². The number of rotatable bonds is 3. The van der Waals surface area contributed by atoms with Gasteiger partial charge in [-0.25, -0.2) is 0 Å². The number of ketones is 2. The molecule has 11 heteroatoms. The molecule has 5 unspecified atom stereocenters. The van der Waals surface area contributed by atoms with Gasteiger partial charge in [-0.1, -0.05) is 0 Å². The van der Waals surface area contributed by atoms with Crippen LogP contribution in [0.25, 0.3) is 0 Å². The summed E-state index contributed by atoms with van der Waals surface area (Å²) in [4.78, 5) is 42.9. The van der Waals surface area contributed by atoms with Crippen molar-refractivity contribution in [3.8, 4) is 17.2 Å². The number of fused-ring (bicyclic) bond motifs is 8. The van der Waals surface area contributed by atoms with Crippen LogP contribution in [0.5, 0.6) is 17.2 Å². The highest BCUT2D eigenvalue weighted by atomic mass is 16.7. The maximum absolute atomic E-state index is 13.7. The minimum absolute atomic E-state index is 0.0213. The van der Waals surface area contributed by atoms with Crippen LogP contribution in [0, 0.1) is 6.92 Å². The van der Waals surface area contributed by atoms with Crippen molar-refractivity contribution >= 4 is 17.5 Å². The fourth-order valence-electron chi connectivity index (χ4n) is 7.10. The summed E-state index contributed by atoms with van der Waals surface area (Å²) in [7, 11) is 3.20. The molecule has 4 aliphatic heterocycles. The molecule has 6 rings (SSSR count). The van der Waals surface area contributed by atoms with Crippen molar-refractivity contribution in [3.05, 3.63) is 39.2 Å². The zero-order valence-electron chi connectivity index (χ0n) is 21.9. The standard InChI is InChI=1S/C27H30N2O9/c1-10-21(32)13-6-16-27(34)29-15(20(28(16)4)19(13)22(33)24(10)35-5)7-14-18(17(29)8-30)26-25(36-9-37-26)11(2)23(14)38-12(3)31/h15-17,20,27,30,34H,6-9H2,1-5H3. The summed E-state index contributed by atoms with van der Waals surface area (Å²) in [5.74, 6) is 0.107. The van der Waals surface area contributed by atoms with Crippen LogP contribution in [0.4, 0.5) is 0 Å². The number of nitrogens with zero attached hydrogens (tertiary/aromatic N) is 2. The van der Waals surface area contributed by atoms with Crippen LogP contribution in [-0.4, -0.2) is 89.5 Å². The molecule has 1 fully saturated rings. The van der Waals surface area contributed by atoms with E-state index >= 15 is 0 Å². The van der Waals surface area contributed by atoms with Crippen LogP contribution in [0.3, 0.4) is 0 Å². The smallest absolute Gasteiger partial charge is 0.308 e. The van der Waals surface area contributed by atoms with E-state index in [0.717, 1.165) is 0 Å². The van der Waals surface area contributed by atoms with E-state index in [1.165, 1.54) is 14.0 Å². The number of likely N-dealkylation sites (N-methyl/N-ethyl adjacent to an activating group) is 1. The molecule has 0 saturated carbocycles. The number of Topliss-reactive ketones (excluding diaryl/α,β-unsaturated/α-hetero) is 2. The molecule has 0 amide bonds. The zero-order chi connectivity index (χ0) is 27.2. The van der Waals surface area contributed by atoms with Gasteiger partial charge in [-0.3, -0.25) is 24.2 Å². The zero-order valence-corrected chi connectivity index (χ0v) is 21.9. The number of allylic oxidation sites excluding steroid dienone is 2. The van der Waals surface area contributed by atoms with E-state index < -0.39 is 36.4 Å². The van der Waals surface area contributed by atoms with Crippen LogP contribution < -0.4 is 14.2 Å². The molecule has 11 nitrogen and oxygen atoms in total. The number of hydrogen-bond donors (Lipinski definition) is 2. The Morgan fingerprint density at radius 3 is 2.47 bits per heavy atom. The molecule has 202 valence electrons. The molecule has 0 radical (unpaired) electrons. The summed E-state index contributed by atoms with van der Waals surface area (Å²) < 4.78 is 22.6. The molecule has 2 bridgehead atoms. The molecule has 1 aliphatic carbocycles. The number of benzene rings is 1. The van der Waals surface area contributed by atoms with E-state index in [9.17, 15) is 24.6 Å². The monoisotopic (exact) mass is 526 g/mol. The normalized spacial score (nSPS) is 30.2. The molecule has 1 aromatic carbocycles. The molecular weight excluding hydrogens is 496 g/mol. The summed E-state index contributed by atoms with van der Waals surface area (Å²) in [6.07, 6.45) is -0.623.